The van der Waals surface area contributed by atoms with Crippen LogP contribution in [-0.4, -0.2) is 19.1 Å². The summed E-state index contributed by atoms with van der Waals surface area (Å²) in [6.07, 6.45) is 17.0. The van der Waals surface area contributed by atoms with Crippen molar-refractivity contribution in [3.05, 3.63) is 98.1 Å². The molecular weight excluding hydrogens is 296 g/mol. The summed E-state index contributed by atoms with van der Waals surface area (Å²) in [6, 6.07) is 8.91. The predicted molar refractivity (Wildman–Crippen MR) is 96.8 cm³/mol. The summed E-state index contributed by atoms with van der Waals surface area (Å²) in [5.41, 5.74) is 2.55. The molecule has 2 aromatic heterocycles. The van der Waals surface area contributed by atoms with Crippen molar-refractivity contribution in [1.29, 1.82) is 0 Å². The highest BCUT2D eigenvalue weighted by Gasteiger charge is 2.21. The average Bonchev–Trinajstić information content (AvgIpc) is 3.31. The van der Waals surface area contributed by atoms with Crippen LogP contribution in [0.3, 0.4) is 0 Å². The molecule has 1 aromatic carbocycles. The molecule has 0 aliphatic carbocycles. The Labute approximate surface area is 142 Å². The van der Waals surface area contributed by atoms with Gasteiger partial charge in [0, 0.05) is 24.8 Å². The van der Waals surface area contributed by atoms with Crippen molar-refractivity contribution in [2.24, 2.45) is 0 Å². The molecule has 2 atom stereocenters. The van der Waals surface area contributed by atoms with Gasteiger partial charge in [-0.15, -0.1) is 13.2 Å². The third kappa shape index (κ3) is 3.23. The Hall–Kier alpha value is -2.88. The van der Waals surface area contributed by atoms with Crippen molar-refractivity contribution in [2.75, 3.05) is 0 Å². The molecule has 0 radical (unpaired) electrons. The number of rotatable bonds is 8. The smallest absolute Gasteiger partial charge is 0.0951 e. The lowest BCUT2D eigenvalue weighted by Gasteiger charge is -2.26. The Kier molecular flexibility index (Phi) is 5.06. The average molecular weight is 318 g/mol. The van der Waals surface area contributed by atoms with E-state index in [1.165, 1.54) is 11.1 Å². The molecule has 0 amide bonds. The van der Waals surface area contributed by atoms with Gasteiger partial charge in [0.1, 0.15) is 0 Å². The maximum atomic E-state index is 4.21. The number of hydrogen-bond donors (Lipinski definition) is 0. The van der Waals surface area contributed by atoms with Crippen LogP contribution in [0.2, 0.25) is 0 Å². The maximum Gasteiger partial charge on any atom is 0.0951 e. The SMILES string of the molecule is C=CCC(c1ccccc1C(CC=C)n1ccnc1)n1ccnc1. The van der Waals surface area contributed by atoms with Crippen LogP contribution in [0.25, 0.3) is 0 Å². The van der Waals surface area contributed by atoms with Gasteiger partial charge in [-0.25, -0.2) is 9.97 Å². The summed E-state index contributed by atoms with van der Waals surface area (Å²) in [7, 11) is 0. The number of allylic oxidation sites excluding steroid dienone is 2. The van der Waals surface area contributed by atoms with Crippen molar-refractivity contribution >= 4 is 0 Å². The third-order valence-electron chi connectivity index (χ3n) is 4.26. The molecule has 3 aromatic rings. The topological polar surface area (TPSA) is 35.6 Å². The summed E-state index contributed by atoms with van der Waals surface area (Å²) >= 11 is 0. The fourth-order valence-corrected chi connectivity index (χ4v) is 3.16. The van der Waals surface area contributed by atoms with Crippen LogP contribution < -0.4 is 0 Å². The van der Waals surface area contributed by atoms with Gasteiger partial charge in [-0.3, -0.25) is 0 Å². The molecule has 2 heterocycles. The van der Waals surface area contributed by atoms with Crippen molar-refractivity contribution in [3.8, 4) is 0 Å². The van der Waals surface area contributed by atoms with Crippen LogP contribution in [0.1, 0.15) is 36.1 Å². The summed E-state index contributed by atoms with van der Waals surface area (Å²) in [5.74, 6) is 0. The van der Waals surface area contributed by atoms with Crippen LogP contribution in [0.15, 0.2) is 87.0 Å². The monoisotopic (exact) mass is 318 g/mol. The van der Waals surface area contributed by atoms with Crippen molar-refractivity contribution < 1.29 is 0 Å². The van der Waals surface area contributed by atoms with Gasteiger partial charge in [0.15, 0.2) is 0 Å². The molecule has 0 aliphatic heterocycles. The third-order valence-corrected chi connectivity index (χ3v) is 4.26. The highest BCUT2D eigenvalue weighted by Crippen LogP contribution is 2.32. The zero-order valence-electron chi connectivity index (χ0n) is 13.7. The summed E-state index contributed by atoms with van der Waals surface area (Å²) < 4.78 is 4.28. The van der Waals surface area contributed by atoms with E-state index in [0.29, 0.717) is 0 Å². The first-order valence-electron chi connectivity index (χ1n) is 8.10. The fraction of sp³-hybridized carbons (Fsp3) is 0.200. The molecule has 0 fully saturated rings. The van der Waals surface area contributed by atoms with E-state index in [1.54, 1.807) is 0 Å². The van der Waals surface area contributed by atoms with E-state index >= 15 is 0 Å². The molecule has 3 rings (SSSR count). The lowest BCUT2D eigenvalue weighted by molar-refractivity contribution is 0.546. The minimum atomic E-state index is 0.178. The predicted octanol–water partition coefficient (Wildman–Crippen LogP) is 4.41. The Morgan fingerprint density at radius 1 is 0.833 bits per heavy atom. The Bertz CT molecular complexity index is 705. The molecule has 0 N–H and O–H groups in total. The standard InChI is InChI=1S/C20H22N4/c1-3-7-19(23-13-11-21-15-23)17-9-5-6-10-18(17)20(8-4-2)24-14-12-22-16-24/h3-6,9-16,19-20H,1-2,7-8H2. The first kappa shape index (κ1) is 16.0. The van der Waals surface area contributed by atoms with Crippen molar-refractivity contribution in [1.82, 2.24) is 19.1 Å². The first-order chi connectivity index (χ1) is 11.8. The first-order valence-corrected chi connectivity index (χ1v) is 8.10. The molecule has 0 saturated heterocycles. The van der Waals surface area contributed by atoms with Crippen LogP contribution >= 0.6 is 0 Å². The van der Waals surface area contributed by atoms with E-state index in [0.717, 1.165) is 12.8 Å². The van der Waals surface area contributed by atoms with Gasteiger partial charge >= 0.3 is 0 Å². The lowest BCUT2D eigenvalue weighted by atomic mass is 9.91. The van der Waals surface area contributed by atoms with Gasteiger partial charge in [0.05, 0.1) is 24.7 Å². The number of benzene rings is 1. The molecule has 24 heavy (non-hydrogen) atoms. The Morgan fingerprint density at radius 3 is 1.62 bits per heavy atom. The van der Waals surface area contributed by atoms with Crippen LogP contribution in [0, 0.1) is 0 Å². The zero-order valence-corrected chi connectivity index (χ0v) is 13.7. The van der Waals surface area contributed by atoms with E-state index in [2.05, 4.69) is 56.5 Å². The maximum absolute atomic E-state index is 4.21. The minimum absolute atomic E-state index is 0.178. The summed E-state index contributed by atoms with van der Waals surface area (Å²) in [6.45, 7) is 7.86. The van der Waals surface area contributed by atoms with E-state index in [9.17, 15) is 0 Å². The van der Waals surface area contributed by atoms with Gasteiger partial charge in [-0.05, 0) is 24.0 Å². The summed E-state index contributed by atoms with van der Waals surface area (Å²) in [5, 5.41) is 0. The molecule has 0 aliphatic rings. The van der Waals surface area contributed by atoms with Gasteiger partial charge in [-0.1, -0.05) is 36.4 Å². The molecule has 0 bridgehead atoms. The van der Waals surface area contributed by atoms with Crippen molar-refractivity contribution in [2.45, 2.75) is 24.9 Å². The lowest BCUT2D eigenvalue weighted by Crippen LogP contribution is -2.16. The fourth-order valence-electron chi connectivity index (χ4n) is 3.16. The molecule has 4 nitrogen and oxygen atoms in total. The van der Waals surface area contributed by atoms with E-state index in [-0.39, 0.29) is 12.1 Å². The normalized spacial score (nSPS) is 13.3. The highest BCUT2D eigenvalue weighted by atomic mass is 15.1. The highest BCUT2D eigenvalue weighted by molar-refractivity contribution is 5.34. The second kappa shape index (κ2) is 7.59. The molecule has 122 valence electrons. The number of imidazole rings is 2. The molecule has 0 spiro atoms. The second-order valence-corrected chi connectivity index (χ2v) is 5.73. The van der Waals surface area contributed by atoms with E-state index in [4.69, 9.17) is 0 Å². The zero-order chi connectivity index (χ0) is 16.8. The number of hydrogen-bond acceptors (Lipinski definition) is 2. The molecule has 0 saturated carbocycles. The summed E-state index contributed by atoms with van der Waals surface area (Å²) in [4.78, 5) is 8.42. The van der Waals surface area contributed by atoms with Crippen LogP contribution in [0.5, 0.6) is 0 Å². The van der Waals surface area contributed by atoms with E-state index in [1.807, 2.05) is 49.6 Å². The van der Waals surface area contributed by atoms with Gasteiger partial charge < -0.3 is 9.13 Å². The number of aromatic nitrogens is 4. The largest absolute Gasteiger partial charge is 0.330 e. The Morgan fingerprint density at radius 2 is 1.29 bits per heavy atom. The van der Waals surface area contributed by atoms with Crippen LogP contribution in [0.4, 0.5) is 0 Å². The second-order valence-electron chi connectivity index (χ2n) is 5.73. The van der Waals surface area contributed by atoms with E-state index < -0.39 is 0 Å². The Balaban J connectivity index is 2.08. The molecule has 2 unspecified atom stereocenters. The minimum Gasteiger partial charge on any atom is -0.330 e. The molecular formula is C20H22N4. The van der Waals surface area contributed by atoms with Crippen LogP contribution in [-0.2, 0) is 0 Å². The van der Waals surface area contributed by atoms with Crippen molar-refractivity contribution in [3.63, 3.8) is 0 Å². The quantitative estimate of drug-likeness (QED) is 0.577. The van der Waals surface area contributed by atoms with Gasteiger partial charge in [0.25, 0.3) is 0 Å². The number of nitrogens with zero attached hydrogens (tertiary/aromatic N) is 4. The molecule has 4 heteroatoms. The van der Waals surface area contributed by atoms with Gasteiger partial charge in [0.2, 0.25) is 0 Å². The van der Waals surface area contributed by atoms with Gasteiger partial charge in [-0.2, -0.15) is 0 Å².